The second kappa shape index (κ2) is 5.25. The molecule has 21 heavy (non-hydrogen) atoms. The molecule has 0 aliphatic rings. The number of halogens is 3. The molecule has 0 aliphatic heterocycles. The van der Waals surface area contributed by atoms with Crippen LogP contribution in [0.1, 0.15) is 0 Å². The average Bonchev–Trinajstić information content (AvgIpc) is 2.85. The van der Waals surface area contributed by atoms with Gasteiger partial charge in [0.25, 0.3) is 0 Å². The lowest BCUT2D eigenvalue weighted by molar-refractivity contribution is 0.509. The topological polar surface area (TPSA) is 56.7 Å². The van der Waals surface area contributed by atoms with E-state index in [2.05, 4.69) is 26.0 Å². The van der Waals surface area contributed by atoms with E-state index in [-0.39, 0.29) is 0 Å². The molecule has 106 valence electrons. The molecule has 0 unspecified atom stereocenters. The number of rotatable bonds is 2. The zero-order valence-electron chi connectivity index (χ0n) is 10.6. The molecule has 7 heteroatoms. The molecule has 0 amide bonds. The smallest absolute Gasteiger partial charge is 0.159 e. The van der Waals surface area contributed by atoms with Crippen LogP contribution in [0.15, 0.2) is 47.2 Å². The summed E-state index contributed by atoms with van der Waals surface area (Å²) in [6.45, 7) is 0. The normalized spacial score (nSPS) is 10.8. The summed E-state index contributed by atoms with van der Waals surface area (Å²) in [5.74, 6) is -1.28. The van der Waals surface area contributed by atoms with E-state index in [1.807, 2.05) is 6.07 Å². The van der Waals surface area contributed by atoms with Gasteiger partial charge in [0.2, 0.25) is 0 Å². The van der Waals surface area contributed by atoms with Crippen LogP contribution in [0.4, 0.5) is 14.5 Å². The van der Waals surface area contributed by atoms with Crippen molar-refractivity contribution >= 4 is 21.6 Å². The van der Waals surface area contributed by atoms with Gasteiger partial charge in [-0.25, -0.2) is 18.4 Å². The van der Waals surface area contributed by atoms with Crippen molar-refractivity contribution in [2.75, 3.05) is 5.73 Å². The van der Waals surface area contributed by atoms with Gasteiger partial charge < -0.3 is 5.73 Å². The first-order chi connectivity index (χ1) is 10.0. The molecule has 2 N–H and O–H groups in total. The van der Waals surface area contributed by atoms with E-state index in [4.69, 9.17) is 5.73 Å². The number of aromatic nitrogens is 3. The Bertz CT molecular complexity index is 799. The SMILES string of the molecule is Nc1cn(-c2ccc(Br)cn2)nc1-c1ccc(F)c(F)c1. The fourth-order valence-corrected chi connectivity index (χ4v) is 2.11. The molecule has 3 rings (SSSR count). The van der Waals surface area contributed by atoms with E-state index in [1.165, 1.54) is 10.7 Å². The summed E-state index contributed by atoms with van der Waals surface area (Å²) >= 11 is 3.30. The van der Waals surface area contributed by atoms with Gasteiger partial charge in [-0.3, -0.25) is 0 Å². The largest absolute Gasteiger partial charge is 0.396 e. The minimum Gasteiger partial charge on any atom is -0.396 e. The van der Waals surface area contributed by atoms with Gasteiger partial charge in [0.05, 0.1) is 11.9 Å². The Kier molecular flexibility index (Phi) is 3.42. The molecular formula is C14H9BrF2N4. The number of nitrogen functional groups attached to an aromatic ring is 1. The van der Waals surface area contributed by atoms with Crippen molar-refractivity contribution in [2.45, 2.75) is 0 Å². The maximum Gasteiger partial charge on any atom is 0.159 e. The zero-order valence-corrected chi connectivity index (χ0v) is 12.2. The van der Waals surface area contributed by atoms with Crippen LogP contribution in [-0.4, -0.2) is 14.8 Å². The predicted molar refractivity (Wildman–Crippen MR) is 78.8 cm³/mol. The third-order valence-electron chi connectivity index (χ3n) is 2.88. The van der Waals surface area contributed by atoms with E-state index in [1.54, 1.807) is 18.5 Å². The fraction of sp³-hybridized carbons (Fsp3) is 0. The molecule has 4 nitrogen and oxygen atoms in total. The summed E-state index contributed by atoms with van der Waals surface area (Å²) in [7, 11) is 0. The van der Waals surface area contributed by atoms with Crippen LogP contribution >= 0.6 is 15.9 Å². The highest BCUT2D eigenvalue weighted by Gasteiger charge is 2.12. The van der Waals surface area contributed by atoms with E-state index < -0.39 is 11.6 Å². The van der Waals surface area contributed by atoms with Gasteiger partial charge in [-0.2, -0.15) is 5.10 Å². The Morgan fingerprint density at radius 3 is 2.57 bits per heavy atom. The van der Waals surface area contributed by atoms with Crippen LogP contribution < -0.4 is 5.73 Å². The monoisotopic (exact) mass is 350 g/mol. The Morgan fingerprint density at radius 1 is 1.10 bits per heavy atom. The Balaban J connectivity index is 2.05. The van der Waals surface area contributed by atoms with Crippen molar-refractivity contribution < 1.29 is 8.78 Å². The molecule has 2 heterocycles. The first-order valence-corrected chi connectivity index (χ1v) is 6.76. The van der Waals surface area contributed by atoms with Crippen molar-refractivity contribution in [1.29, 1.82) is 0 Å². The molecule has 1 aromatic carbocycles. The van der Waals surface area contributed by atoms with Gasteiger partial charge in [0.1, 0.15) is 5.69 Å². The molecule has 0 spiro atoms. The summed E-state index contributed by atoms with van der Waals surface area (Å²) in [5, 5.41) is 4.28. The van der Waals surface area contributed by atoms with Gasteiger partial charge in [-0.15, -0.1) is 0 Å². The van der Waals surface area contributed by atoms with Crippen LogP contribution in [-0.2, 0) is 0 Å². The minimum absolute atomic E-state index is 0.353. The lowest BCUT2D eigenvalue weighted by Gasteiger charge is -2.01. The standard InChI is InChI=1S/C14H9BrF2N4/c15-9-2-4-13(19-6-9)21-7-12(18)14(20-21)8-1-3-10(16)11(17)5-8/h1-7H,18H2. The predicted octanol–water partition coefficient (Wildman–Crippen LogP) is 3.56. The zero-order chi connectivity index (χ0) is 15.0. The van der Waals surface area contributed by atoms with Gasteiger partial charge in [0.15, 0.2) is 17.5 Å². The first-order valence-electron chi connectivity index (χ1n) is 5.97. The van der Waals surface area contributed by atoms with Crippen molar-refractivity contribution in [3.05, 3.63) is 58.8 Å². The molecule has 0 saturated heterocycles. The number of benzene rings is 1. The number of hydrogen-bond donors (Lipinski definition) is 1. The highest BCUT2D eigenvalue weighted by Crippen LogP contribution is 2.26. The number of anilines is 1. The Morgan fingerprint density at radius 2 is 1.90 bits per heavy atom. The van der Waals surface area contributed by atoms with Gasteiger partial charge in [-0.05, 0) is 46.3 Å². The molecule has 2 aromatic heterocycles. The van der Waals surface area contributed by atoms with Crippen molar-refractivity contribution in [2.24, 2.45) is 0 Å². The second-order valence-electron chi connectivity index (χ2n) is 4.34. The molecule has 0 bridgehead atoms. The van der Waals surface area contributed by atoms with Crippen LogP contribution in [0.25, 0.3) is 17.1 Å². The quantitative estimate of drug-likeness (QED) is 0.768. The highest BCUT2D eigenvalue weighted by molar-refractivity contribution is 9.10. The summed E-state index contributed by atoms with van der Waals surface area (Å²) < 4.78 is 28.6. The first kappa shape index (κ1) is 13.7. The maximum absolute atomic E-state index is 13.3. The third kappa shape index (κ3) is 2.64. The molecule has 0 aliphatic carbocycles. The van der Waals surface area contributed by atoms with Crippen LogP contribution in [0.2, 0.25) is 0 Å². The minimum atomic E-state index is -0.941. The summed E-state index contributed by atoms with van der Waals surface area (Å²) in [4.78, 5) is 4.19. The molecule has 0 saturated carbocycles. The molecule has 0 atom stereocenters. The van der Waals surface area contributed by atoms with Crippen LogP contribution in [0.5, 0.6) is 0 Å². The van der Waals surface area contributed by atoms with E-state index in [0.29, 0.717) is 22.8 Å². The lowest BCUT2D eigenvalue weighted by Crippen LogP contribution is -1.97. The molecular weight excluding hydrogens is 342 g/mol. The lowest BCUT2D eigenvalue weighted by atomic mass is 10.1. The van der Waals surface area contributed by atoms with Crippen LogP contribution in [0, 0.1) is 11.6 Å². The maximum atomic E-state index is 13.3. The molecule has 0 fully saturated rings. The van der Waals surface area contributed by atoms with E-state index >= 15 is 0 Å². The average molecular weight is 351 g/mol. The van der Waals surface area contributed by atoms with Gasteiger partial charge in [-0.1, -0.05) is 0 Å². The Hall–Kier alpha value is -2.28. The number of nitrogens with zero attached hydrogens (tertiary/aromatic N) is 3. The van der Waals surface area contributed by atoms with Gasteiger partial charge in [0, 0.05) is 16.2 Å². The number of nitrogens with two attached hydrogens (primary N) is 1. The fourth-order valence-electron chi connectivity index (χ4n) is 1.88. The molecule has 0 radical (unpaired) electrons. The summed E-state index contributed by atoms with van der Waals surface area (Å²) in [6, 6.07) is 7.10. The summed E-state index contributed by atoms with van der Waals surface area (Å²) in [5.41, 5.74) is 7.02. The van der Waals surface area contributed by atoms with E-state index in [9.17, 15) is 8.78 Å². The number of hydrogen-bond acceptors (Lipinski definition) is 3. The summed E-state index contributed by atoms with van der Waals surface area (Å²) in [6.07, 6.45) is 3.21. The van der Waals surface area contributed by atoms with Crippen molar-refractivity contribution in [3.63, 3.8) is 0 Å². The number of pyridine rings is 1. The Labute approximate surface area is 127 Å². The van der Waals surface area contributed by atoms with E-state index in [0.717, 1.165) is 16.6 Å². The molecule has 3 aromatic rings. The van der Waals surface area contributed by atoms with Crippen LogP contribution in [0.3, 0.4) is 0 Å². The van der Waals surface area contributed by atoms with Crippen molar-refractivity contribution in [1.82, 2.24) is 14.8 Å². The van der Waals surface area contributed by atoms with Crippen molar-refractivity contribution in [3.8, 4) is 17.1 Å². The third-order valence-corrected chi connectivity index (χ3v) is 3.35. The highest BCUT2D eigenvalue weighted by atomic mass is 79.9. The second-order valence-corrected chi connectivity index (χ2v) is 5.26. The van der Waals surface area contributed by atoms with Gasteiger partial charge >= 0.3 is 0 Å².